The van der Waals surface area contributed by atoms with Crippen molar-refractivity contribution in [1.82, 2.24) is 9.21 Å². The summed E-state index contributed by atoms with van der Waals surface area (Å²) in [5.41, 5.74) is 2.75. The molecule has 1 aromatic carbocycles. The SMILES string of the molecule is CCOC(=O)c1c(NC(=S)N2CCN(S(=O)(=O)c3ccc(C)cc3)CC2)sc2c1CCCCCC2. The van der Waals surface area contributed by atoms with E-state index in [4.69, 9.17) is 17.0 Å². The zero-order chi connectivity index (χ0) is 25.0. The number of esters is 1. The second-order valence-corrected chi connectivity index (χ2v) is 12.4. The summed E-state index contributed by atoms with van der Waals surface area (Å²) in [6.45, 7) is 5.74. The van der Waals surface area contributed by atoms with Gasteiger partial charge in [-0.05, 0) is 69.4 Å². The number of thiophene rings is 1. The van der Waals surface area contributed by atoms with Crippen molar-refractivity contribution >= 4 is 49.7 Å². The number of carbonyl (C=O) groups is 1. The Bertz CT molecular complexity index is 1170. The number of ether oxygens (including phenoxy) is 1. The second kappa shape index (κ2) is 11.4. The minimum absolute atomic E-state index is 0.301. The standard InChI is InChI=1S/C25H33N3O4S3/c1-3-32-24(29)22-20-8-6-4-5-7-9-21(20)34-23(22)26-25(33)27-14-16-28(17-15-27)35(30,31)19-12-10-18(2)11-13-19/h10-13H,3-9,14-17H2,1-2H3,(H,26,33). The molecule has 7 nitrogen and oxygen atoms in total. The maximum Gasteiger partial charge on any atom is 0.341 e. The highest BCUT2D eigenvalue weighted by Gasteiger charge is 2.31. The largest absolute Gasteiger partial charge is 0.462 e. The van der Waals surface area contributed by atoms with Gasteiger partial charge in [-0.25, -0.2) is 13.2 Å². The first kappa shape index (κ1) is 26.1. The lowest BCUT2D eigenvalue weighted by atomic mass is 9.96. The number of nitrogens with one attached hydrogen (secondary N) is 1. The number of sulfonamides is 1. The van der Waals surface area contributed by atoms with Crippen LogP contribution in [0.3, 0.4) is 0 Å². The molecule has 2 aliphatic rings. The van der Waals surface area contributed by atoms with Crippen LogP contribution in [0.1, 0.15) is 59.0 Å². The molecule has 2 aromatic rings. The lowest BCUT2D eigenvalue weighted by Gasteiger charge is -2.35. The fraction of sp³-hybridized carbons (Fsp3) is 0.520. The van der Waals surface area contributed by atoms with Gasteiger partial charge in [0.2, 0.25) is 10.0 Å². The topological polar surface area (TPSA) is 79.0 Å². The van der Waals surface area contributed by atoms with Crippen molar-refractivity contribution in [2.45, 2.75) is 57.3 Å². The molecule has 0 atom stereocenters. The lowest BCUT2D eigenvalue weighted by molar-refractivity contribution is 0.0526. The molecule has 1 aromatic heterocycles. The van der Waals surface area contributed by atoms with Crippen LogP contribution in [0.5, 0.6) is 0 Å². The third-order valence-corrected chi connectivity index (χ3v) is 10.0. The Morgan fingerprint density at radius 2 is 1.71 bits per heavy atom. The van der Waals surface area contributed by atoms with Gasteiger partial charge in [0.1, 0.15) is 5.00 Å². The number of carbonyl (C=O) groups excluding carboxylic acids is 1. The number of nitrogens with zero attached hydrogens (tertiary/aromatic N) is 2. The van der Waals surface area contributed by atoms with Gasteiger partial charge in [0, 0.05) is 31.1 Å². The normalized spacial score (nSPS) is 17.3. The fourth-order valence-electron chi connectivity index (χ4n) is 4.59. The Morgan fingerprint density at radius 3 is 2.37 bits per heavy atom. The van der Waals surface area contributed by atoms with Crippen LogP contribution >= 0.6 is 23.6 Å². The zero-order valence-electron chi connectivity index (χ0n) is 20.3. The fourth-order valence-corrected chi connectivity index (χ4v) is 7.64. The van der Waals surface area contributed by atoms with Gasteiger partial charge < -0.3 is 15.0 Å². The summed E-state index contributed by atoms with van der Waals surface area (Å²) < 4.78 is 33.0. The van der Waals surface area contributed by atoms with Gasteiger partial charge in [-0.3, -0.25) is 0 Å². The van der Waals surface area contributed by atoms with E-state index in [2.05, 4.69) is 5.32 Å². The van der Waals surface area contributed by atoms with E-state index >= 15 is 0 Å². The molecule has 0 spiro atoms. The number of fused-ring (bicyclic) bond motifs is 1. The Balaban J connectivity index is 1.46. The smallest absolute Gasteiger partial charge is 0.341 e. The second-order valence-electron chi connectivity index (χ2n) is 8.98. The van der Waals surface area contributed by atoms with Crippen molar-refractivity contribution < 1.29 is 17.9 Å². The van der Waals surface area contributed by atoms with Gasteiger partial charge in [-0.15, -0.1) is 11.3 Å². The highest BCUT2D eigenvalue weighted by Crippen LogP contribution is 2.38. The number of benzene rings is 1. The van der Waals surface area contributed by atoms with Crippen LogP contribution < -0.4 is 5.32 Å². The van der Waals surface area contributed by atoms with E-state index < -0.39 is 10.0 Å². The molecule has 1 fully saturated rings. The first-order chi connectivity index (χ1) is 16.8. The summed E-state index contributed by atoms with van der Waals surface area (Å²) in [5, 5.41) is 4.57. The molecule has 1 aliphatic carbocycles. The zero-order valence-corrected chi connectivity index (χ0v) is 22.8. The van der Waals surface area contributed by atoms with Crippen molar-refractivity contribution in [2.24, 2.45) is 0 Å². The van der Waals surface area contributed by atoms with Crippen molar-refractivity contribution in [3.8, 4) is 0 Å². The maximum atomic E-state index is 13.0. The van der Waals surface area contributed by atoms with Crippen molar-refractivity contribution in [2.75, 3.05) is 38.1 Å². The predicted molar refractivity (Wildman–Crippen MR) is 144 cm³/mol. The summed E-state index contributed by atoms with van der Waals surface area (Å²) in [4.78, 5) is 16.4. The average molecular weight is 536 g/mol. The molecular weight excluding hydrogens is 502 g/mol. The van der Waals surface area contributed by atoms with E-state index in [0.717, 1.165) is 41.8 Å². The molecule has 10 heteroatoms. The monoisotopic (exact) mass is 535 g/mol. The van der Waals surface area contributed by atoms with Crippen LogP contribution in [-0.4, -0.2) is 61.5 Å². The van der Waals surface area contributed by atoms with Gasteiger partial charge in [-0.1, -0.05) is 30.5 Å². The van der Waals surface area contributed by atoms with Gasteiger partial charge in [0.25, 0.3) is 0 Å². The van der Waals surface area contributed by atoms with Crippen LogP contribution in [0.25, 0.3) is 0 Å². The Morgan fingerprint density at radius 1 is 1.06 bits per heavy atom. The molecule has 0 saturated carbocycles. The van der Waals surface area contributed by atoms with Crippen molar-refractivity contribution in [3.05, 3.63) is 45.8 Å². The minimum Gasteiger partial charge on any atom is -0.462 e. The molecule has 0 unspecified atom stereocenters. The summed E-state index contributed by atoms with van der Waals surface area (Å²) in [7, 11) is -3.54. The summed E-state index contributed by atoms with van der Waals surface area (Å²) >= 11 is 7.30. The molecule has 2 heterocycles. The molecule has 1 saturated heterocycles. The van der Waals surface area contributed by atoms with E-state index in [1.165, 1.54) is 22.0 Å². The van der Waals surface area contributed by atoms with Gasteiger partial charge in [0.15, 0.2) is 5.11 Å². The van der Waals surface area contributed by atoms with Gasteiger partial charge >= 0.3 is 5.97 Å². The highest BCUT2D eigenvalue weighted by atomic mass is 32.2. The van der Waals surface area contributed by atoms with Crippen LogP contribution in [0.4, 0.5) is 5.00 Å². The van der Waals surface area contributed by atoms with Gasteiger partial charge in [0.05, 0.1) is 17.1 Å². The van der Waals surface area contributed by atoms with Crippen molar-refractivity contribution in [3.63, 3.8) is 0 Å². The predicted octanol–water partition coefficient (Wildman–Crippen LogP) is 4.60. The molecule has 35 heavy (non-hydrogen) atoms. The Kier molecular flexibility index (Phi) is 8.46. The number of piperazine rings is 1. The van der Waals surface area contributed by atoms with E-state index in [1.807, 2.05) is 30.9 Å². The van der Waals surface area contributed by atoms with Crippen LogP contribution in [0.2, 0.25) is 0 Å². The first-order valence-corrected chi connectivity index (χ1v) is 14.9. The van der Waals surface area contributed by atoms with Crippen LogP contribution in [0, 0.1) is 6.92 Å². The van der Waals surface area contributed by atoms with Crippen LogP contribution in [-0.2, 0) is 27.6 Å². The number of anilines is 1. The number of hydrogen-bond donors (Lipinski definition) is 1. The lowest BCUT2D eigenvalue weighted by Crippen LogP contribution is -2.51. The third-order valence-electron chi connectivity index (χ3n) is 6.56. The third kappa shape index (κ3) is 5.87. The summed E-state index contributed by atoms with van der Waals surface area (Å²) in [6, 6.07) is 6.94. The van der Waals surface area contributed by atoms with E-state index in [0.29, 0.717) is 48.4 Å². The van der Waals surface area contributed by atoms with E-state index in [1.54, 1.807) is 23.5 Å². The van der Waals surface area contributed by atoms with Gasteiger partial charge in [-0.2, -0.15) is 4.31 Å². The molecule has 1 aliphatic heterocycles. The van der Waals surface area contributed by atoms with E-state index in [9.17, 15) is 13.2 Å². The number of thiocarbonyl (C=S) groups is 1. The molecule has 1 N–H and O–H groups in total. The Labute approximate surface area is 217 Å². The molecule has 4 rings (SSSR count). The molecular formula is C25H33N3O4S3. The molecule has 0 bridgehead atoms. The van der Waals surface area contributed by atoms with E-state index in [-0.39, 0.29) is 5.97 Å². The molecule has 0 radical (unpaired) electrons. The highest BCUT2D eigenvalue weighted by molar-refractivity contribution is 7.89. The number of hydrogen-bond acceptors (Lipinski definition) is 6. The molecule has 190 valence electrons. The minimum atomic E-state index is -3.54. The average Bonchev–Trinajstić information content (AvgIpc) is 3.15. The summed E-state index contributed by atoms with van der Waals surface area (Å²) in [6.07, 6.45) is 6.42. The van der Waals surface area contributed by atoms with Crippen LogP contribution in [0.15, 0.2) is 29.2 Å². The number of rotatable bonds is 5. The quantitative estimate of drug-likeness (QED) is 0.443. The Hall–Kier alpha value is -2.01. The first-order valence-electron chi connectivity index (χ1n) is 12.3. The maximum absolute atomic E-state index is 13.0. The number of aryl methyl sites for hydroxylation is 2. The van der Waals surface area contributed by atoms with Crippen molar-refractivity contribution in [1.29, 1.82) is 0 Å². The molecule has 0 amide bonds. The summed E-state index contributed by atoms with van der Waals surface area (Å²) in [5.74, 6) is -0.301.